The molecule has 0 atom stereocenters. The van der Waals surface area contributed by atoms with E-state index >= 15 is 4.79 Å². The van der Waals surface area contributed by atoms with Crippen LogP contribution in [0, 0.1) is 27.7 Å². The Morgan fingerprint density at radius 3 is 0.609 bits per heavy atom. The van der Waals surface area contributed by atoms with Crippen LogP contribution in [0.5, 0.6) is 0 Å². The third-order valence-corrected chi connectivity index (χ3v) is 26.8. The van der Waals surface area contributed by atoms with E-state index in [2.05, 4.69) is 161 Å². The molecular formula is C91H36O. The van der Waals surface area contributed by atoms with Crippen LogP contribution in [0.4, 0.5) is 0 Å². The Balaban J connectivity index is 0.975. The zero-order chi connectivity index (χ0) is 58.5. The van der Waals surface area contributed by atoms with E-state index in [0.29, 0.717) is 0 Å². The van der Waals surface area contributed by atoms with Crippen LogP contribution >= 0.6 is 0 Å². The Morgan fingerprint density at radius 2 is 0.337 bits per heavy atom. The number of hydrogen-bond acceptors (Lipinski definition) is 1. The number of rotatable bonds is 0. The molecule has 0 saturated heterocycles. The molecule has 0 unspecified atom stereocenters. The molecule has 1 heteroatoms. The average molecular weight is 1150 g/mol. The summed E-state index contributed by atoms with van der Waals surface area (Å²) in [6.45, 7) is 14.4. The summed E-state index contributed by atoms with van der Waals surface area (Å²) in [7, 11) is 0. The van der Waals surface area contributed by atoms with Crippen molar-refractivity contribution in [3.8, 4) is 0 Å². The minimum absolute atomic E-state index is 0.158. The summed E-state index contributed by atoms with van der Waals surface area (Å²) >= 11 is 0. The van der Waals surface area contributed by atoms with Crippen LogP contribution in [0.25, 0.3) is 307 Å². The summed E-state index contributed by atoms with van der Waals surface area (Å²) in [5, 5.41) is 75.9. The van der Waals surface area contributed by atoms with Crippen LogP contribution in [0.15, 0.2) is 145 Å². The molecule has 0 heterocycles. The maximum atomic E-state index is 15.1. The maximum absolute atomic E-state index is 15.1. The lowest BCUT2D eigenvalue weighted by Gasteiger charge is -2.33. The lowest BCUT2D eigenvalue weighted by molar-refractivity contribution is 1.53. The molecule has 1 nitrogen and oxygen atoms in total. The summed E-state index contributed by atoms with van der Waals surface area (Å²) in [4.78, 5) is 15.1. The predicted molar refractivity (Wildman–Crippen MR) is 400 cm³/mol. The topological polar surface area (TPSA) is 17.1 Å². The van der Waals surface area contributed by atoms with Crippen LogP contribution in [0.3, 0.4) is 0 Å². The summed E-state index contributed by atoms with van der Waals surface area (Å²) in [5.74, 6) is 0. The molecule has 0 fully saturated rings. The monoisotopic (exact) mass is 1140 g/mol. The zero-order valence-electron chi connectivity index (χ0n) is 49.8. The van der Waals surface area contributed by atoms with Crippen LogP contribution in [-0.4, -0.2) is 0 Å². The first-order valence-electron chi connectivity index (χ1n) is 33.1. The second kappa shape index (κ2) is 11.9. The maximum Gasteiger partial charge on any atom is 0.194 e. The summed E-state index contributed by atoms with van der Waals surface area (Å²) in [5.41, 5.74) is 9.19. The van der Waals surface area contributed by atoms with Crippen molar-refractivity contribution in [3.63, 3.8) is 0 Å². The van der Waals surface area contributed by atoms with Gasteiger partial charge in [-0.2, -0.15) is 0 Å². The van der Waals surface area contributed by atoms with E-state index < -0.39 is 0 Å². The first-order valence-corrected chi connectivity index (χ1v) is 33.1. The fourth-order valence-electron chi connectivity index (χ4n) is 24.0. The standard InChI is InChI=1S/C91H36O/c1-28-6-10-35-37-16-14-33-32(5)34-15-17-38-39-18-20-45-49-27-52-44-13-9-31(4)56-54-29(2)7-11-36-41-22-24-47-71-67(41)87-80(60(36)54)82(62(44)56)90-76(52)78-70-46(21-19-40-42-23-25-48(91(47)92)72(71)68(42)88(87)86(90)66(40)70)50-26-51-43-12-8-30(3)55-53(28)59(35)79-81(61(43)55)89-75(51)77(73(50)74(49)78)69(45)65(39)85(89)84-64(38)58(34)57(33)63(37)83(79)84/h6-27H,5H2,1-4H3. The zero-order valence-corrected chi connectivity index (χ0v) is 49.8. The smallest absolute Gasteiger partial charge is 0.194 e. The molecule has 0 spiro atoms. The van der Waals surface area contributed by atoms with Gasteiger partial charge in [-0.25, -0.2) is 0 Å². The van der Waals surface area contributed by atoms with Crippen LogP contribution in [-0.2, 0) is 0 Å². The van der Waals surface area contributed by atoms with Gasteiger partial charge in [0.25, 0.3) is 0 Å². The highest BCUT2D eigenvalue weighted by molar-refractivity contribution is 6.69. The van der Waals surface area contributed by atoms with Crippen molar-refractivity contribution in [1.29, 1.82) is 0 Å². The van der Waals surface area contributed by atoms with Crippen molar-refractivity contribution < 1.29 is 0 Å². The van der Waals surface area contributed by atoms with Gasteiger partial charge in [0.2, 0.25) is 0 Å². The van der Waals surface area contributed by atoms with Gasteiger partial charge < -0.3 is 0 Å². The number of benzene rings is 28. The Bertz CT molecular complexity index is 8840. The van der Waals surface area contributed by atoms with Gasteiger partial charge in [0, 0.05) is 21.5 Å². The highest BCUT2D eigenvalue weighted by Crippen LogP contribution is 2.68. The molecule has 0 radical (unpaired) electrons. The van der Waals surface area contributed by atoms with Crippen LogP contribution in [0.2, 0.25) is 0 Å². The van der Waals surface area contributed by atoms with Gasteiger partial charge in [-0.1, -0.05) is 116 Å². The van der Waals surface area contributed by atoms with Crippen molar-refractivity contribution in [2.45, 2.75) is 27.7 Å². The minimum Gasteiger partial charge on any atom is -0.289 e. The number of hydrogen-bond donors (Lipinski definition) is 0. The van der Waals surface area contributed by atoms with Gasteiger partial charge in [0.05, 0.1) is 0 Å². The van der Waals surface area contributed by atoms with Gasteiger partial charge in [0.15, 0.2) is 5.43 Å². The fraction of sp³-hybridized carbons (Fsp3) is 0.0440. The molecule has 0 bridgehead atoms. The summed E-state index contributed by atoms with van der Waals surface area (Å²) < 4.78 is 0. The first kappa shape index (κ1) is 42.4. The summed E-state index contributed by atoms with van der Waals surface area (Å²) in [6.07, 6.45) is 0. The van der Waals surface area contributed by atoms with E-state index in [1.54, 1.807) is 0 Å². The first-order chi connectivity index (χ1) is 45.3. The molecule has 29 aromatic rings. The predicted octanol–water partition coefficient (Wildman–Crippen LogP) is 25.4. The highest BCUT2D eigenvalue weighted by atomic mass is 16.1. The molecule has 0 aromatic heterocycles. The molecule has 0 amide bonds. The molecule has 30 rings (SSSR count). The van der Waals surface area contributed by atoms with Gasteiger partial charge in [0.1, 0.15) is 0 Å². The Labute approximate surface area is 515 Å². The van der Waals surface area contributed by atoms with E-state index in [1.165, 1.54) is 313 Å². The Hall–Kier alpha value is -11.5. The number of fused-ring (bicyclic) bond motifs is 10. The van der Waals surface area contributed by atoms with E-state index in [9.17, 15) is 0 Å². The van der Waals surface area contributed by atoms with E-state index in [-0.39, 0.29) is 5.43 Å². The molecule has 29 aromatic carbocycles. The van der Waals surface area contributed by atoms with Gasteiger partial charge in [-0.05, 0) is 371 Å². The van der Waals surface area contributed by atoms with Crippen LogP contribution in [0.1, 0.15) is 33.4 Å². The van der Waals surface area contributed by atoms with Crippen molar-refractivity contribution in [1.82, 2.24) is 0 Å². The Kier molecular flexibility index (Phi) is 5.51. The minimum atomic E-state index is 0.158. The van der Waals surface area contributed by atoms with Crippen molar-refractivity contribution >= 4 is 307 Å². The van der Waals surface area contributed by atoms with Gasteiger partial charge >= 0.3 is 0 Å². The molecule has 0 aliphatic heterocycles. The lowest BCUT2D eigenvalue weighted by Crippen LogP contribution is -2.04. The largest absolute Gasteiger partial charge is 0.289 e. The van der Waals surface area contributed by atoms with Gasteiger partial charge in [-0.3, -0.25) is 4.79 Å². The van der Waals surface area contributed by atoms with Gasteiger partial charge in [-0.15, -0.1) is 0 Å². The molecule has 0 N–H and O–H groups in total. The lowest BCUT2D eigenvalue weighted by atomic mass is 9.69. The quantitative estimate of drug-likeness (QED) is 0.109. The average Bonchev–Trinajstić information content (AvgIpc) is 0.901. The molecular weight excluding hydrogens is 1110 g/mol. The third kappa shape index (κ3) is 3.43. The van der Waals surface area contributed by atoms with E-state index in [4.69, 9.17) is 6.58 Å². The molecule has 1 aliphatic carbocycles. The Morgan fingerprint density at radius 1 is 0.174 bits per heavy atom. The fourth-order valence-corrected chi connectivity index (χ4v) is 24.0. The normalized spacial score (nSPS) is 14.8. The number of aryl methyl sites for hydroxylation is 4. The molecule has 0 saturated carbocycles. The highest BCUT2D eigenvalue weighted by Gasteiger charge is 2.40. The summed E-state index contributed by atoms with van der Waals surface area (Å²) in [6, 6.07) is 54.1. The van der Waals surface area contributed by atoms with Crippen LogP contribution < -0.4 is 5.43 Å². The molecule has 1 aliphatic rings. The van der Waals surface area contributed by atoms with E-state index in [1.807, 2.05) is 0 Å². The van der Waals surface area contributed by atoms with Crippen molar-refractivity contribution in [3.05, 3.63) is 184 Å². The van der Waals surface area contributed by atoms with Crippen molar-refractivity contribution in [2.75, 3.05) is 0 Å². The molecule has 406 valence electrons. The van der Waals surface area contributed by atoms with Crippen molar-refractivity contribution in [2.24, 2.45) is 0 Å². The molecule has 92 heavy (non-hydrogen) atoms. The SMILES string of the molecule is C=C1c2ccc3c4ccc(C)c5c6c(C)ccc7c8cc9c%10ccc%11c%12ccc%13c(=O)c%14ccc%15c%16ccc(C)c%17c%18c(C)ccc%19c%20cc%21c%22ccc%23c%24ccc1c1c2c3c2c(c45)c(c76)c3c8c(c9c%21c4c%10c%11c5c(c%204)c(c%19%18)c(c%16%17)c4c%15c%14c%13c%12c45)c%22c%23c3c2c%241. The third-order valence-electron chi connectivity index (χ3n) is 26.8. The second-order valence-electron chi connectivity index (χ2n) is 29.7. The second-order valence-corrected chi connectivity index (χ2v) is 29.7. The van der Waals surface area contributed by atoms with E-state index in [0.717, 1.165) is 27.1 Å².